The van der Waals surface area contributed by atoms with Crippen LogP contribution in [0.5, 0.6) is 0 Å². The van der Waals surface area contributed by atoms with Crippen molar-refractivity contribution in [1.29, 1.82) is 0 Å². The number of likely N-dealkylation sites (tertiary alicyclic amines) is 1. The molecule has 4 rings (SSSR count). The minimum atomic E-state index is -0.802. The van der Waals surface area contributed by atoms with Crippen molar-refractivity contribution in [2.24, 2.45) is 11.8 Å². The van der Waals surface area contributed by atoms with E-state index in [0.717, 1.165) is 37.6 Å². The third-order valence-corrected chi connectivity index (χ3v) is 6.26. The summed E-state index contributed by atoms with van der Waals surface area (Å²) in [6.45, 7) is 2.37. The highest BCUT2D eigenvalue weighted by Gasteiger charge is 2.37. The fourth-order valence-electron chi connectivity index (χ4n) is 4.19. The fourth-order valence-corrected chi connectivity index (χ4v) is 4.19. The van der Waals surface area contributed by atoms with Crippen LogP contribution in [0.2, 0.25) is 0 Å². The molecule has 172 valence electrons. The molecule has 2 unspecified atom stereocenters. The topological polar surface area (TPSA) is 78.7 Å². The maximum Gasteiger partial charge on any atom is 0.273 e. The number of nitrogens with one attached hydrogen (secondary N) is 1. The number of aromatic nitrogens is 1. The number of amides is 2. The smallest absolute Gasteiger partial charge is 0.273 e. The normalized spacial score (nSPS) is 21.4. The van der Waals surface area contributed by atoms with Crippen molar-refractivity contribution >= 4 is 11.8 Å². The summed E-state index contributed by atoms with van der Waals surface area (Å²) in [6, 6.07) is 4.06. The summed E-state index contributed by atoms with van der Waals surface area (Å²) in [5.74, 6) is -1.53. The maximum absolute atomic E-state index is 14.0. The molecule has 1 N–H and O–H groups in total. The number of benzene rings is 1. The molecule has 0 spiro atoms. The molecule has 1 saturated carbocycles. The van der Waals surface area contributed by atoms with Gasteiger partial charge in [0.1, 0.15) is 11.6 Å². The number of carbonyl (C=O) groups excluding carboxylic acids is 2. The van der Waals surface area contributed by atoms with E-state index in [0.29, 0.717) is 13.0 Å². The lowest BCUT2D eigenvalue weighted by molar-refractivity contribution is -0.135. The summed E-state index contributed by atoms with van der Waals surface area (Å²) in [7, 11) is 3.43. The second-order valence-electron chi connectivity index (χ2n) is 8.94. The predicted molar refractivity (Wildman–Crippen MR) is 114 cm³/mol. The van der Waals surface area contributed by atoms with Crippen LogP contribution in [-0.2, 0) is 4.79 Å². The van der Waals surface area contributed by atoms with E-state index in [-0.39, 0.29) is 34.9 Å². The highest BCUT2D eigenvalue weighted by atomic mass is 19.1. The number of piperidine rings is 1. The van der Waals surface area contributed by atoms with E-state index in [2.05, 4.69) is 15.4 Å². The SMILES string of the molecule is CN(C)C(=O)C1CN(CCC2CC2)CCC1NC(=O)c1cc(-c2ccc(F)cc2F)on1. The number of halogens is 2. The average molecular weight is 446 g/mol. The zero-order valence-corrected chi connectivity index (χ0v) is 18.3. The Balaban J connectivity index is 1.43. The number of hydrogen-bond acceptors (Lipinski definition) is 5. The number of hydrogen-bond donors (Lipinski definition) is 1. The molecule has 2 fully saturated rings. The standard InChI is InChI=1S/C23H28F2N4O3/c1-28(2)23(31)17-13-29(9-7-14-3-4-14)10-8-19(17)26-22(30)20-12-21(32-27-20)16-6-5-15(24)11-18(16)25/h5-6,11-12,14,17,19H,3-4,7-10,13H2,1-2H3,(H,26,30). The second kappa shape index (κ2) is 9.36. The lowest BCUT2D eigenvalue weighted by Gasteiger charge is -2.39. The first-order chi connectivity index (χ1) is 15.3. The van der Waals surface area contributed by atoms with Gasteiger partial charge in [0.15, 0.2) is 11.5 Å². The predicted octanol–water partition coefficient (Wildman–Crippen LogP) is 2.93. The lowest BCUT2D eigenvalue weighted by Crippen LogP contribution is -2.55. The molecule has 0 bridgehead atoms. The molecule has 2 heterocycles. The first-order valence-corrected chi connectivity index (χ1v) is 11.0. The van der Waals surface area contributed by atoms with Gasteiger partial charge in [-0.3, -0.25) is 9.59 Å². The molecule has 1 aromatic carbocycles. The molecule has 2 amide bonds. The molecule has 7 nitrogen and oxygen atoms in total. The van der Waals surface area contributed by atoms with E-state index in [1.165, 1.54) is 25.0 Å². The minimum absolute atomic E-state index is 0.0163. The third-order valence-electron chi connectivity index (χ3n) is 6.26. The van der Waals surface area contributed by atoms with Crippen LogP contribution in [0.15, 0.2) is 28.8 Å². The first-order valence-electron chi connectivity index (χ1n) is 11.0. The van der Waals surface area contributed by atoms with Crippen LogP contribution in [0.4, 0.5) is 8.78 Å². The van der Waals surface area contributed by atoms with Crippen molar-refractivity contribution in [3.8, 4) is 11.3 Å². The molecule has 1 aliphatic carbocycles. The molecular weight excluding hydrogens is 418 g/mol. The van der Waals surface area contributed by atoms with Gasteiger partial charge in [0, 0.05) is 45.4 Å². The van der Waals surface area contributed by atoms with Gasteiger partial charge in [-0.25, -0.2) is 8.78 Å². The maximum atomic E-state index is 14.0. The third kappa shape index (κ3) is 5.15. The van der Waals surface area contributed by atoms with Crippen LogP contribution in [0, 0.1) is 23.5 Å². The molecule has 32 heavy (non-hydrogen) atoms. The van der Waals surface area contributed by atoms with Gasteiger partial charge in [-0.05, 0) is 37.4 Å². The lowest BCUT2D eigenvalue weighted by atomic mass is 9.90. The van der Waals surface area contributed by atoms with Crippen LogP contribution < -0.4 is 5.32 Å². The molecule has 2 atom stereocenters. The minimum Gasteiger partial charge on any atom is -0.355 e. The number of carbonyl (C=O) groups is 2. The Morgan fingerprint density at radius 3 is 2.69 bits per heavy atom. The van der Waals surface area contributed by atoms with Gasteiger partial charge >= 0.3 is 0 Å². The van der Waals surface area contributed by atoms with Gasteiger partial charge in [-0.2, -0.15) is 0 Å². The van der Waals surface area contributed by atoms with Crippen molar-refractivity contribution in [1.82, 2.24) is 20.3 Å². The summed E-state index contributed by atoms with van der Waals surface area (Å²) in [5, 5.41) is 6.66. The molecular formula is C23H28F2N4O3. The highest BCUT2D eigenvalue weighted by molar-refractivity contribution is 5.94. The molecule has 1 aromatic heterocycles. The van der Waals surface area contributed by atoms with Crippen molar-refractivity contribution in [2.75, 3.05) is 33.7 Å². The van der Waals surface area contributed by atoms with Crippen LogP contribution in [0.25, 0.3) is 11.3 Å². The number of nitrogens with zero attached hydrogens (tertiary/aromatic N) is 3. The van der Waals surface area contributed by atoms with Crippen molar-refractivity contribution in [3.05, 3.63) is 41.6 Å². The van der Waals surface area contributed by atoms with Gasteiger partial charge in [-0.15, -0.1) is 0 Å². The Morgan fingerprint density at radius 2 is 2.00 bits per heavy atom. The Morgan fingerprint density at radius 1 is 1.22 bits per heavy atom. The van der Waals surface area contributed by atoms with Crippen LogP contribution >= 0.6 is 0 Å². The van der Waals surface area contributed by atoms with E-state index in [4.69, 9.17) is 4.52 Å². The zero-order chi connectivity index (χ0) is 22.8. The van der Waals surface area contributed by atoms with E-state index in [1.54, 1.807) is 19.0 Å². The second-order valence-corrected chi connectivity index (χ2v) is 8.94. The van der Waals surface area contributed by atoms with E-state index in [1.807, 2.05) is 0 Å². The molecule has 9 heteroatoms. The summed E-state index contributed by atoms with van der Waals surface area (Å²) in [5.41, 5.74) is -0.00137. The highest BCUT2D eigenvalue weighted by Crippen LogP contribution is 2.33. The average Bonchev–Trinajstić information content (AvgIpc) is 3.46. The van der Waals surface area contributed by atoms with Gasteiger partial charge in [0.2, 0.25) is 5.91 Å². The summed E-state index contributed by atoms with van der Waals surface area (Å²) < 4.78 is 32.3. The van der Waals surface area contributed by atoms with E-state index < -0.39 is 17.5 Å². The van der Waals surface area contributed by atoms with E-state index in [9.17, 15) is 18.4 Å². The van der Waals surface area contributed by atoms with Crippen LogP contribution in [-0.4, -0.2) is 66.5 Å². The van der Waals surface area contributed by atoms with Crippen LogP contribution in [0.1, 0.15) is 36.2 Å². The van der Waals surface area contributed by atoms with Crippen molar-refractivity contribution < 1.29 is 22.9 Å². The first kappa shape index (κ1) is 22.4. The Bertz CT molecular complexity index is 989. The van der Waals surface area contributed by atoms with Gasteiger partial charge in [0.25, 0.3) is 5.91 Å². The monoisotopic (exact) mass is 446 g/mol. The van der Waals surface area contributed by atoms with Gasteiger partial charge in [0.05, 0.1) is 11.5 Å². The van der Waals surface area contributed by atoms with E-state index >= 15 is 0 Å². The largest absolute Gasteiger partial charge is 0.355 e. The zero-order valence-electron chi connectivity index (χ0n) is 18.3. The van der Waals surface area contributed by atoms with Crippen LogP contribution in [0.3, 0.4) is 0 Å². The van der Waals surface area contributed by atoms with Gasteiger partial charge < -0.3 is 19.6 Å². The molecule has 0 radical (unpaired) electrons. The summed E-state index contributed by atoms with van der Waals surface area (Å²) in [6.07, 6.45) is 4.40. The van der Waals surface area contributed by atoms with Gasteiger partial charge in [-0.1, -0.05) is 18.0 Å². The number of rotatable bonds is 7. The molecule has 1 saturated heterocycles. The fraction of sp³-hybridized carbons (Fsp3) is 0.522. The molecule has 1 aliphatic heterocycles. The Labute approximate surface area is 185 Å². The summed E-state index contributed by atoms with van der Waals surface area (Å²) >= 11 is 0. The molecule has 2 aliphatic rings. The summed E-state index contributed by atoms with van der Waals surface area (Å²) in [4.78, 5) is 29.5. The van der Waals surface area contributed by atoms with Crippen molar-refractivity contribution in [2.45, 2.75) is 31.7 Å². The Kier molecular flexibility index (Phi) is 6.55. The molecule has 2 aromatic rings. The van der Waals surface area contributed by atoms with Crippen molar-refractivity contribution in [3.63, 3.8) is 0 Å². The quantitative estimate of drug-likeness (QED) is 0.708. The Hall–Kier alpha value is -2.81.